The highest BCUT2D eigenvalue weighted by Crippen LogP contribution is 2.34. The van der Waals surface area contributed by atoms with Gasteiger partial charge in [-0.3, -0.25) is 4.79 Å². The largest absolute Gasteiger partial charge is 0.465 e. The summed E-state index contributed by atoms with van der Waals surface area (Å²) in [6.07, 6.45) is -1.23. The van der Waals surface area contributed by atoms with E-state index in [1.54, 1.807) is 31.2 Å². The van der Waals surface area contributed by atoms with Crippen LogP contribution in [-0.4, -0.2) is 64.9 Å². The SMILES string of the molecule is CC(OC(N)=O)(c1ccc2nonc2c1)[C@@H]1CO[C@H](CCc2ccccc2NC(=O)[C@@H](NC(=O)O)C(c2ccccc2)c2ccccc2)CN1. The highest BCUT2D eigenvalue weighted by atomic mass is 16.6. The fourth-order valence-corrected chi connectivity index (χ4v) is 6.51. The summed E-state index contributed by atoms with van der Waals surface area (Å²) in [4.78, 5) is 37.9. The first-order valence-electron chi connectivity index (χ1n) is 16.3. The Morgan fingerprint density at radius 2 is 1.62 bits per heavy atom. The van der Waals surface area contributed by atoms with E-state index >= 15 is 0 Å². The summed E-state index contributed by atoms with van der Waals surface area (Å²) in [5.74, 6) is -1.06. The lowest BCUT2D eigenvalue weighted by molar-refractivity contribution is -0.118. The van der Waals surface area contributed by atoms with E-state index in [0.29, 0.717) is 41.7 Å². The number of nitrogens with two attached hydrogens (primary N) is 1. The molecule has 4 aromatic carbocycles. The number of anilines is 1. The molecule has 0 spiro atoms. The number of nitrogens with zero attached hydrogens (tertiary/aromatic N) is 2. The molecule has 1 saturated heterocycles. The van der Waals surface area contributed by atoms with Crippen molar-refractivity contribution in [1.29, 1.82) is 0 Å². The number of nitrogens with one attached hydrogen (secondary N) is 3. The number of primary amides is 1. The average Bonchev–Trinajstić information content (AvgIpc) is 3.60. The Morgan fingerprint density at radius 3 is 2.26 bits per heavy atom. The van der Waals surface area contributed by atoms with Crippen molar-refractivity contribution in [2.24, 2.45) is 5.73 Å². The number of amides is 3. The first-order chi connectivity index (χ1) is 24.2. The predicted octanol–water partition coefficient (Wildman–Crippen LogP) is 4.93. The van der Waals surface area contributed by atoms with E-state index in [2.05, 4.69) is 26.3 Å². The molecule has 6 rings (SSSR count). The monoisotopic (exact) mass is 678 g/mol. The van der Waals surface area contributed by atoms with Crippen molar-refractivity contribution >= 4 is 34.8 Å². The van der Waals surface area contributed by atoms with Crippen LogP contribution in [-0.2, 0) is 26.3 Å². The molecule has 1 aliphatic rings. The van der Waals surface area contributed by atoms with Crippen LogP contribution in [0.15, 0.2) is 108 Å². The number of carbonyl (C=O) groups is 3. The minimum atomic E-state index is -1.30. The molecule has 1 fully saturated rings. The third-order valence-electron chi connectivity index (χ3n) is 9.12. The van der Waals surface area contributed by atoms with E-state index in [1.807, 2.05) is 78.9 Å². The number of rotatable bonds is 12. The van der Waals surface area contributed by atoms with Crippen LogP contribution >= 0.6 is 0 Å². The van der Waals surface area contributed by atoms with Gasteiger partial charge in [-0.25, -0.2) is 14.2 Å². The van der Waals surface area contributed by atoms with Crippen molar-refractivity contribution in [2.75, 3.05) is 18.5 Å². The minimum absolute atomic E-state index is 0.183. The Labute approximate surface area is 288 Å². The number of aromatic nitrogens is 2. The summed E-state index contributed by atoms with van der Waals surface area (Å²) in [5, 5.41) is 26.5. The van der Waals surface area contributed by atoms with E-state index in [1.165, 1.54) is 0 Å². The lowest BCUT2D eigenvalue weighted by Gasteiger charge is -2.41. The Morgan fingerprint density at radius 1 is 0.960 bits per heavy atom. The molecule has 1 aliphatic heterocycles. The second-order valence-electron chi connectivity index (χ2n) is 12.3. The maximum atomic E-state index is 13.9. The molecule has 50 heavy (non-hydrogen) atoms. The first-order valence-corrected chi connectivity index (χ1v) is 16.3. The number of benzene rings is 4. The molecule has 3 amide bonds. The Hall–Kier alpha value is -5.79. The lowest BCUT2D eigenvalue weighted by atomic mass is 9.84. The fourth-order valence-electron chi connectivity index (χ4n) is 6.51. The second-order valence-corrected chi connectivity index (χ2v) is 12.3. The second kappa shape index (κ2) is 15.2. The third kappa shape index (κ3) is 7.74. The van der Waals surface area contributed by atoms with Crippen LogP contribution in [0.4, 0.5) is 15.3 Å². The van der Waals surface area contributed by atoms with Crippen LogP contribution < -0.4 is 21.7 Å². The molecule has 1 unspecified atom stereocenters. The van der Waals surface area contributed by atoms with Gasteiger partial charge in [0.1, 0.15) is 17.1 Å². The molecule has 6 N–H and O–H groups in total. The maximum absolute atomic E-state index is 13.9. The molecule has 258 valence electrons. The van der Waals surface area contributed by atoms with Gasteiger partial charge in [-0.2, -0.15) is 0 Å². The summed E-state index contributed by atoms with van der Waals surface area (Å²) < 4.78 is 16.7. The topological polar surface area (TPSA) is 191 Å². The van der Waals surface area contributed by atoms with Gasteiger partial charge in [0.15, 0.2) is 5.60 Å². The van der Waals surface area contributed by atoms with Gasteiger partial charge in [0.2, 0.25) is 5.91 Å². The Bertz CT molecular complexity index is 1890. The van der Waals surface area contributed by atoms with E-state index in [9.17, 15) is 19.5 Å². The lowest BCUT2D eigenvalue weighted by Crippen LogP contribution is -2.58. The van der Waals surface area contributed by atoms with Gasteiger partial charge in [0.25, 0.3) is 0 Å². The normalized spacial score (nSPS) is 17.8. The number of fused-ring (bicyclic) bond motifs is 1. The standard InChI is InChI=1S/C37H38N6O7/c1-37(49-35(38)45,26-17-19-29-30(20-26)43-50-42-29)31-22-48-27(21-39-31)18-16-23-10-8-9-15-28(23)40-34(44)33(41-36(46)47)32(24-11-4-2-5-12-24)25-13-6-3-7-14-25/h2-15,17,19-20,27,31-33,39,41H,16,18,21-22H2,1H3,(H2,38,45)(H,40,44)(H,46,47)/t27-,31+,33+,37?/m1/s1. The molecule has 0 aliphatic carbocycles. The molecule has 4 atom stereocenters. The van der Waals surface area contributed by atoms with E-state index in [0.717, 1.165) is 16.7 Å². The van der Waals surface area contributed by atoms with Crippen molar-refractivity contribution in [3.05, 3.63) is 125 Å². The first kappa shape index (κ1) is 34.1. The minimum Gasteiger partial charge on any atom is -0.465 e. The summed E-state index contributed by atoms with van der Waals surface area (Å²) in [7, 11) is 0. The number of para-hydroxylation sites is 1. The highest BCUT2D eigenvalue weighted by molar-refractivity contribution is 5.98. The average molecular weight is 679 g/mol. The van der Waals surface area contributed by atoms with Crippen LogP contribution in [0.25, 0.3) is 11.0 Å². The van der Waals surface area contributed by atoms with E-state index in [4.69, 9.17) is 19.8 Å². The molecule has 0 saturated carbocycles. The third-order valence-corrected chi connectivity index (χ3v) is 9.12. The number of aryl methyl sites for hydroxylation is 1. The molecule has 5 aromatic rings. The molecular weight excluding hydrogens is 640 g/mol. The Kier molecular flexibility index (Phi) is 10.4. The zero-order valence-corrected chi connectivity index (χ0v) is 27.3. The van der Waals surface area contributed by atoms with E-state index in [-0.39, 0.29) is 12.7 Å². The van der Waals surface area contributed by atoms with Gasteiger partial charge in [0, 0.05) is 18.2 Å². The van der Waals surface area contributed by atoms with E-state index < -0.39 is 41.7 Å². The zero-order chi connectivity index (χ0) is 35.1. The maximum Gasteiger partial charge on any atom is 0.405 e. The fraction of sp³-hybridized carbons (Fsp3) is 0.270. The van der Waals surface area contributed by atoms with Crippen LogP contribution in [0.2, 0.25) is 0 Å². The number of carboxylic acid groups (broad SMARTS) is 1. The van der Waals surface area contributed by atoms with Gasteiger partial charge in [-0.05, 0) is 70.5 Å². The number of hydrogen-bond donors (Lipinski definition) is 5. The van der Waals surface area contributed by atoms with Gasteiger partial charge in [0.05, 0.1) is 18.8 Å². The van der Waals surface area contributed by atoms with Crippen molar-refractivity contribution in [2.45, 2.75) is 49.5 Å². The molecule has 2 heterocycles. The number of morpholine rings is 1. The quantitative estimate of drug-likeness (QED) is 0.121. The number of ether oxygens (including phenoxy) is 2. The van der Waals surface area contributed by atoms with Crippen LogP contribution in [0.1, 0.15) is 41.5 Å². The molecule has 1 aromatic heterocycles. The highest BCUT2D eigenvalue weighted by Gasteiger charge is 2.42. The molecule has 13 heteroatoms. The van der Waals surface area contributed by atoms with Crippen LogP contribution in [0.3, 0.4) is 0 Å². The van der Waals surface area contributed by atoms with Gasteiger partial charge < -0.3 is 36.3 Å². The van der Waals surface area contributed by atoms with Crippen LogP contribution in [0, 0.1) is 0 Å². The zero-order valence-electron chi connectivity index (χ0n) is 27.3. The van der Waals surface area contributed by atoms with Crippen molar-refractivity contribution < 1.29 is 33.6 Å². The summed E-state index contributed by atoms with van der Waals surface area (Å²) in [6, 6.07) is 29.9. The molecular formula is C37H38N6O7. The van der Waals surface area contributed by atoms with Crippen LogP contribution in [0.5, 0.6) is 0 Å². The Balaban J connectivity index is 1.14. The summed E-state index contributed by atoms with van der Waals surface area (Å²) >= 11 is 0. The van der Waals surface area contributed by atoms with Crippen molar-refractivity contribution in [1.82, 2.24) is 20.9 Å². The van der Waals surface area contributed by atoms with Gasteiger partial charge >= 0.3 is 12.2 Å². The number of carbonyl (C=O) groups excluding carboxylic acids is 2. The molecule has 0 bridgehead atoms. The summed E-state index contributed by atoms with van der Waals surface area (Å²) in [5.41, 5.74) is 9.10. The van der Waals surface area contributed by atoms with Gasteiger partial charge in [-0.15, -0.1) is 0 Å². The molecule has 0 radical (unpaired) electrons. The predicted molar refractivity (Wildman–Crippen MR) is 184 cm³/mol. The summed E-state index contributed by atoms with van der Waals surface area (Å²) in [6.45, 7) is 2.45. The van der Waals surface area contributed by atoms with Crippen molar-refractivity contribution in [3.63, 3.8) is 0 Å². The number of hydrogen-bond acceptors (Lipinski definition) is 9. The van der Waals surface area contributed by atoms with Gasteiger partial charge in [-0.1, -0.05) is 84.9 Å². The molecule has 13 nitrogen and oxygen atoms in total. The smallest absolute Gasteiger partial charge is 0.405 e. The van der Waals surface area contributed by atoms with Crippen molar-refractivity contribution in [3.8, 4) is 0 Å².